The molecule has 1 aromatic rings. The zero-order valence-corrected chi connectivity index (χ0v) is 10.9. The minimum absolute atomic E-state index is 0.734. The standard InChI is InChI=1S/C10H15IN4/c1-12-4-8-2-3-15(7-8)10-13-5-9(11)6-14-10/h5-6,8,12H,2-4,7H2,1H3. The Labute approximate surface area is 104 Å². The van der Waals surface area contributed by atoms with Crippen molar-refractivity contribution in [1.29, 1.82) is 0 Å². The van der Waals surface area contributed by atoms with Crippen molar-refractivity contribution in [2.75, 3.05) is 31.6 Å². The molecule has 1 aromatic heterocycles. The van der Waals surface area contributed by atoms with Gasteiger partial charge in [0, 0.05) is 29.1 Å². The van der Waals surface area contributed by atoms with Crippen molar-refractivity contribution in [2.24, 2.45) is 5.92 Å². The number of anilines is 1. The first-order valence-corrected chi connectivity index (χ1v) is 6.24. The van der Waals surface area contributed by atoms with Crippen LogP contribution in [0.3, 0.4) is 0 Å². The number of hydrogen-bond acceptors (Lipinski definition) is 4. The van der Waals surface area contributed by atoms with Gasteiger partial charge in [0.1, 0.15) is 0 Å². The first-order chi connectivity index (χ1) is 7.29. The topological polar surface area (TPSA) is 41.0 Å². The summed E-state index contributed by atoms with van der Waals surface area (Å²) in [6.07, 6.45) is 4.97. The zero-order valence-electron chi connectivity index (χ0n) is 8.78. The van der Waals surface area contributed by atoms with Crippen LogP contribution in [-0.4, -0.2) is 36.6 Å². The molecule has 2 heterocycles. The van der Waals surface area contributed by atoms with E-state index >= 15 is 0 Å². The molecule has 0 bridgehead atoms. The summed E-state index contributed by atoms with van der Waals surface area (Å²) in [5, 5.41) is 3.22. The van der Waals surface area contributed by atoms with Crippen LogP contribution in [0.25, 0.3) is 0 Å². The van der Waals surface area contributed by atoms with Crippen molar-refractivity contribution >= 4 is 28.5 Å². The third kappa shape index (κ3) is 2.78. The van der Waals surface area contributed by atoms with Crippen LogP contribution in [0.1, 0.15) is 6.42 Å². The molecule has 0 aliphatic carbocycles. The predicted molar refractivity (Wildman–Crippen MR) is 69.0 cm³/mol. The highest BCUT2D eigenvalue weighted by atomic mass is 127. The van der Waals surface area contributed by atoms with Gasteiger partial charge in [-0.2, -0.15) is 0 Å². The molecule has 1 N–H and O–H groups in total. The Balaban J connectivity index is 1.98. The van der Waals surface area contributed by atoms with Crippen LogP contribution in [0.2, 0.25) is 0 Å². The summed E-state index contributed by atoms with van der Waals surface area (Å²) in [5.41, 5.74) is 0. The molecule has 0 amide bonds. The van der Waals surface area contributed by atoms with Crippen molar-refractivity contribution in [3.8, 4) is 0 Å². The van der Waals surface area contributed by atoms with Crippen molar-refractivity contribution in [3.05, 3.63) is 16.0 Å². The molecule has 1 fully saturated rings. The Morgan fingerprint density at radius 1 is 1.53 bits per heavy atom. The van der Waals surface area contributed by atoms with Crippen LogP contribution in [0, 0.1) is 9.49 Å². The normalized spacial score (nSPS) is 20.9. The van der Waals surface area contributed by atoms with Gasteiger partial charge >= 0.3 is 0 Å². The molecule has 0 spiro atoms. The molecule has 5 heteroatoms. The molecular weight excluding hydrogens is 303 g/mol. The van der Waals surface area contributed by atoms with Crippen molar-refractivity contribution in [2.45, 2.75) is 6.42 Å². The fourth-order valence-electron chi connectivity index (χ4n) is 1.94. The molecule has 0 radical (unpaired) electrons. The van der Waals surface area contributed by atoms with E-state index in [2.05, 4.69) is 42.8 Å². The van der Waals surface area contributed by atoms with E-state index in [-0.39, 0.29) is 0 Å². The number of hydrogen-bond donors (Lipinski definition) is 1. The first-order valence-electron chi connectivity index (χ1n) is 5.16. The average molecular weight is 318 g/mol. The molecule has 0 saturated carbocycles. The van der Waals surface area contributed by atoms with Gasteiger partial charge in [0.15, 0.2) is 0 Å². The third-order valence-electron chi connectivity index (χ3n) is 2.67. The third-order valence-corrected chi connectivity index (χ3v) is 3.23. The van der Waals surface area contributed by atoms with Gasteiger partial charge in [-0.3, -0.25) is 0 Å². The van der Waals surface area contributed by atoms with Crippen molar-refractivity contribution in [3.63, 3.8) is 0 Å². The molecule has 82 valence electrons. The maximum atomic E-state index is 4.34. The van der Waals surface area contributed by atoms with Crippen molar-refractivity contribution in [1.82, 2.24) is 15.3 Å². The Hall–Kier alpha value is -0.430. The largest absolute Gasteiger partial charge is 0.340 e. The van der Waals surface area contributed by atoms with Crippen LogP contribution in [0.15, 0.2) is 12.4 Å². The molecule has 15 heavy (non-hydrogen) atoms. The maximum Gasteiger partial charge on any atom is 0.225 e. The molecule has 2 rings (SSSR count). The van der Waals surface area contributed by atoms with E-state index in [1.807, 2.05) is 19.4 Å². The summed E-state index contributed by atoms with van der Waals surface area (Å²) in [6.45, 7) is 3.23. The van der Waals surface area contributed by atoms with Gasteiger partial charge in [0.2, 0.25) is 5.95 Å². The average Bonchev–Trinajstić information content (AvgIpc) is 2.68. The van der Waals surface area contributed by atoms with Crippen LogP contribution in [-0.2, 0) is 0 Å². The minimum Gasteiger partial charge on any atom is -0.340 e. The molecule has 1 unspecified atom stereocenters. The number of aromatic nitrogens is 2. The quantitative estimate of drug-likeness (QED) is 0.848. The lowest BCUT2D eigenvalue weighted by atomic mass is 10.1. The van der Waals surface area contributed by atoms with Gasteiger partial charge < -0.3 is 10.2 Å². The molecule has 1 atom stereocenters. The van der Waals surface area contributed by atoms with E-state index in [9.17, 15) is 0 Å². The number of nitrogens with zero attached hydrogens (tertiary/aromatic N) is 3. The monoisotopic (exact) mass is 318 g/mol. The second-order valence-electron chi connectivity index (χ2n) is 3.86. The fraction of sp³-hybridized carbons (Fsp3) is 0.600. The minimum atomic E-state index is 0.734. The molecular formula is C10H15IN4. The molecule has 1 aliphatic heterocycles. The fourth-order valence-corrected chi connectivity index (χ4v) is 2.22. The Morgan fingerprint density at radius 3 is 2.93 bits per heavy atom. The van der Waals surface area contributed by atoms with E-state index in [4.69, 9.17) is 0 Å². The van der Waals surface area contributed by atoms with E-state index in [1.165, 1.54) is 6.42 Å². The lowest BCUT2D eigenvalue weighted by Gasteiger charge is -2.15. The molecule has 1 aliphatic rings. The maximum absolute atomic E-state index is 4.34. The molecule has 4 nitrogen and oxygen atoms in total. The lowest BCUT2D eigenvalue weighted by Crippen LogP contribution is -2.25. The Bertz CT molecular complexity index is 314. The Morgan fingerprint density at radius 2 is 2.27 bits per heavy atom. The summed E-state index contributed by atoms with van der Waals surface area (Å²) >= 11 is 2.22. The van der Waals surface area contributed by atoms with Crippen LogP contribution in [0.5, 0.6) is 0 Å². The SMILES string of the molecule is CNCC1CCN(c2ncc(I)cn2)C1. The van der Waals surface area contributed by atoms with Gasteiger partial charge in [-0.1, -0.05) is 0 Å². The summed E-state index contributed by atoms with van der Waals surface area (Å²) < 4.78 is 1.09. The van der Waals surface area contributed by atoms with Gasteiger partial charge in [-0.05, 0) is 48.5 Å². The number of halogens is 1. The second-order valence-corrected chi connectivity index (χ2v) is 5.11. The smallest absolute Gasteiger partial charge is 0.225 e. The summed E-state index contributed by atoms with van der Waals surface area (Å²) in [7, 11) is 2.00. The number of rotatable bonds is 3. The van der Waals surface area contributed by atoms with Crippen molar-refractivity contribution < 1.29 is 0 Å². The van der Waals surface area contributed by atoms with E-state index < -0.39 is 0 Å². The Kier molecular flexibility index (Phi) is 3.74. The van der Waals surface area contributed by atoms with Gasteiger partial charge in [0.25, 0.3) is 0 Å². The zero-order chi connectivity index (χ0) is 10.7. The molecule has 1 saturated heterocycles. The van der Waals surface area contributed by atoms with Crippen LogP contribution >= 0.6 is 22.6 Å². The summed E-state index contributed by atoms with van der Waals surface area (Å²) in [4.78, 5) is 10.9. The summed E-state index contributed by atoms with van der Waals surface area (Å²) in [5.74, 6) is 1.60. The van der Waals surface area contributed by atoms with Crippen LogP contribution in [0.4, 0.5) is 5.95 Å². The highest BCUT2D eigenvalue weighted by molar-refractivity contribution is 14.1. The predicted octanol–water partition coefficient (Wildman–Crippen LogP) is 1.13. The van der Waals surface area contributed by atoms with Gasteiger partial charge in [0.05, 0.1) is 0 Å². The van der Waals surface area contributed by atoms with E-state index in [0.717, 1.165) is 35.1 Å². The number of nitrogens with one attached hydrogen (secondary N) is 1. The highest BCUT2D eigenvalue weighted by Gasteiger charge is 2.23. The van der Waals surface area contributed by atoms with Gasteiger partial charge in [-0.25, -0.2) is 9.97 Å². The lowest BCUT2D eigenvalue weighted by molar-refractivity contribution is 0.548. The van der Waals surface area contributed by atoms with E-state index in [1.54, 1.807) is 0 Å². The van der Waals surface area contributed by atoms with Crippen LogP contribution < -0.4 is 10.2 Å². The van der Waals surface area contributed by atoms with Gasteiger partial charge in [-0.15, -0.1) is 0 Å². The first kappa shape index (κ1) is 11.1. The molecule has 0 aromatic carbocycles. The van der Waals surface area contributed by atoms with E-state index in [0.29, 0.717) is 0 Å². The second kappa shape index (κ2) is 5.07. The summed E-state index contributed by atoms with van der Waals surface area (Å²) in [6, 6.07) is 0. The highest BCUT2D eigenvalue weighted by Crippen LogP contribution is 2.19.